The van der Waals surface area contributed by atoms with Crippen LogP contribution in [0.2, 0.25) is 0 Å². The third-order valence-electron chi connectivity index (χ3n) is 1.57. The second-order valence-corrected chi connectivity index (χ2v) is 2.77. The molecule has 0 saturated carbocycles. The van der Waals surface area contributed by atoms with Crippen molar-refractivity contribution < 1.29 is 31.8 Å². The van der Waals surface area contributed by atoms with Crippen molar-refractivity contribution in [2.24, 2.45) is 0 Å². The first-order valence-corrected chi connectivity index (χ1v) is 4.41. The highest BCUT2D eigenvalue weighted by Gasteiger charge is 2.35. The largest absolute Gasteiger partial charge is 0.573 e. The minimum Gasteiger partial charge on any atom is -0.462 e. The fourth-order valence-electron chi connectivity index (χ4n) is 0.997. The van der Waals surface area contributed by atoms with Crippen molar-refractivity contribution >= 4 is 5.97 Å². The molecule has 1 heterocycles. The Hall–Kier alpha value is -1.86. The van der Waals surface area contributed by atoms with Crippen molar-refractivity contribution in [3.63, 3.8) is 0 Å². The van der Waals surface area contributed by atoms with Gasteiger partial charge in [-0.1, -0.05) is 0 Å². The van der Waals surface area contributed by atoms with Gasteiger partial charge in [-0.25, -0.2) is 9.18 Å². The fraction of sp³-hybridized carbons (Fsp3) is 0.333. The van der Waals surface area contributed by atoms with Crippen molar-refractivity contribution in [1.82, 2.24) is 4.98 Å². The van der Waals surface area contributed by atoms with E-state index in [1.54, 1.807) is 0 Å². The van der Waals surface area contributed by atoms with E-state index < -0.39 is 29.5 Å². The molecular formula is C9H7F4NO3. The summed E-state index contributed by atoms with van der Waals surface area (Å²) in [5.74, 6) is -3.78. The third-order valence-corrected chi connectivity index (χ3v) is 1.57. The maximum absolute atomic E-state index is 13.1. The summed E-state index contributed by atoms with van der Waals surface area (Å²) in [4.78, 5) is 14.5. The second kappa shape index (κ2) is 4.98. The number of nitrogens with zero attached hydrogens (tertiary/aromatic N) is 1. The summed E-state index contributed by atoms with van der Waals surface area (Å²) in [6.07, 6.45) is -3.87. The first kappa shape index (κ1) is 13.2. The van der Waals surface area contributed by atoms with E-state index in [-0.39, 0.29) is 6.61 Å². The number of rotatable bonds is 3. The molecule has 0 saturated heterocycles. The molecule has 0 N–H and O–H groups in total. The minimum atomic E-state index is -5.11. The molecule has 0 spiro atoms. The highest BCUT2D eigenvalue weighted by molar-refractivity contribution is 5.92. The highest BCUT2D eigenvalue weighted by Crippen LogP contribution is 2.28. The first-order chi connectivity index (χ1) is 7.85. The Labute approximate surface area is 93.2 Å². The fourth-order valence-corrected chi connectivity index (χ4v) is 0.997. The number of ether oxygens (including phenoxy) is 2. The molecule has 17 heavy (non-hydrogen) atoms. The van der Waals surface area contributed by atoms with Gasteiger partial charge in [-0.05, 0) is 6.92 Å². The van der Waals surface area contributed by atoms with Crippen LogP contribution < -0.4 is 4.74 Å². The molecule has 0 aliphatic carbocycles. The van der Waals surface area contributed by atoms with E-state index in [0.717, 1.165) is 6.20 Å². The van der Waals surface area contributed by atoms with Crippen LogP contribution in [0.15, 0.2) is 12.4 Å². The third kappa shape index (κ3) is 3.58. The summed E-state index contributed by atoms with van der Waals surface area (Å²) in [6.45, 7) is 1.38. The van der Waals surface area contributed by atoms with Gasteiger partial charge < -0.3 is 9.47 Å². The zero-order chi connectivity index (χ0) is 13.1. The predicted molar refractivity (Wildman–Crippen MR) is 46.8 cm³/mol. The van der Waals surface area contributed by atoms with Crippen molar-refractivity contribution in [2.75, 3.05) is 6.61 Å². The van der Waals surface area contributed by atoms with Crippen LogP contribution in [0, 0.1) is 5.82 Å². The Morgan fingerprint density at radius 1 is 1.41 bits per heavy atom. The normalized spacial score (nSPS) is 11.1. The lowest BCUT2D eigenvalue weighted by molar-refractivity contribution is -0.275. The summed E-state index contributed by atoms with van der Waals surface area (Å²) < 4.78 is 56.9. The zero-order valence-corrected chi connectivity index (χ0v) is 8.55. The molecular weight excluding hydrogens is 246 g/mol. The van der Waals surface area contributed by atoms with Gasteiger partial charge in [-0.3, -0.25) is 4.98 Å². The monoisotopic (exact) mass is 253 g/mol. The lowest BCUT2D eigenvalue weighted by Gasteiger charge is -2.12. The second-order valence-electron chi connectivity index (χ2n) is 2.77. The van der Waals surface area contributed by atoms with Crippen LogP contribution in [-0.4, -0.2) is 23.9 Å². The standard InChI is InChI=1S/C9H7F4NO3/c1-2-16-8(15)5-3-14-4-6(10)7(5)17-9(11,12)13/h3-4H,2H2,1H3. The number of hydrogen-bond donors (Lipinski definition) is 0. The van der Waals surface area contributed by atoms with Gasteiger partial charge in [-0.2, -0.15) is 0 Å². The SMILES string of the molecule is CCOC(=O)c1cncc(F)c1OC(F)(F)F. The molecule has 8 heteroatoms. The van der Waals surface area contributed by atoms with Gasteiger partial charge in [-0.15, -0.1) is 13.2 Å². The average Bonchev–Trinajstić information content (AvgIpc) is 2.19. The molecule has 94 valence electrons. The van der Waals surface area contributed by atoms with Crippen LogP contribution in [0.5, 0.6) is 5.75 Å². The summed E-state index contributed by atoms with van der Waals surface area (Å²) >= 11 is 0. The molecule has 1 rings (SSSR count). The lowest BCUT2D eigenvalue weighted by Crippen LogP contribution is -2.20. The van der Waals surface area contributed by atoms with Gasteiger partial charge in [0.25, 0.3) is 0 Å². The Bertz CT molecular complexity index is 419. The Morgan fingerprint density at radius 2 is 2.06 bits per heavy atom. The number of pyridine rings is 1. The Morgan fingerprint density at radius 3 is 2.59 bits per heavy atom. The molecule has 0 aromatic carbocycles. The van der Waals surface area contributed by atoms with Gasteiger partial charge in [0.1, 0.15) is 5.56 Å². The van der Waals surface area contributed by atoms with E-state index in [1.807, 2.05) is 0 Å². The first-order valence-electron chi connectivity index (χ1n) is 4.41. The maximum Gasteiger partial charge on any atom is 0.573 e. The van der Waals surface area contributed by atoms with Crippen molar-refractivity contribution in [3.05, 3.63) is 23.8 Å². The molecule has 1 aromatic heterocycles. The van der Waals surface area contributed by atoms with Gasteiger partial charge in [0, 0.05) is 6.20 Å². The van der Waals surface area contributed by atoms with E-state index in [4.69, 9.17) is 0 Å². The van der Waals surface area contributed by atoms with E-state index >= 15 is 0 Å². The number of hydrogen-bond acceptors (Lipinski definition) is 4. The van der Waals surface area contributed by atoms with Gasteiger partial charge in [0.2, 0.25) is 0 Å². The van der Waals surface area contributed by atoms with Crippen molar-refractivity contribution in [3.8, 4) is 5.75 Å². The average molecular weight is 253 g/mol. The van der Waals surface area contributed by atoms with E-state index in [0.29, 0.717) is 6.20 Å². The van der Waals surface area contributed by atoms with Gasteiger partial charge >= 0.3 is 12.3 Å². The molecule has 1 aromatic rings. The molecule has 0 atom stereocenters. The van der Waals surface area contributed by atoms with Crippen LogP contribution >= 0.6 is 0 Å². The number of carbonyl (C=O) groups is 1. The quantitative estimate of drug-likeness (QED) is 0.612. The van der Waals surface area contributed by atoms with Crippen LogP contribution in [0.1, 0.15) is 17.3 Å². The topological polar surface area (TPSA) is 48.4 Å². The smallest absolute Gasteiger partial charge is 0.462 e. The van der Waals surface area contributed by atoms with Gasteiger partial charge in [0.05, 0.1) is 12.8 Å². The molecule has 4 nitrogen and oxygen atoms in total. The van der Waals surface area contributed by atoms with Crippen molar-refractivity contribution in [1.29, 1.82) is 0 Å². The molecule has 0 radical (unpaired) electrons. The number of alkyl halides is 3. The number of halogens is 4. The number of esters is 1. The van der Waals surface area contributed by atoms with Crippen LogP contribution in [0.3, 0.4) is 0 Å². The highest BCUT2D eigenvalue weighted by atomic mass is 19.4. The Kier molecular flexibility index (Phi) is 3.87. The van der Waals surface area contributed by atoms with Crippen LogP contribution in [0.4, 0.5) is 17.6 Å². The van der Waals surface area contributed by atoms with Gasteiger partial charge in [0.15, 0.2) is 11.6 Å². The van der Waals surface area contributed by atoms with Crippen molar-refractivity contribution in [2.45, 2.75) is 13.3 Å². The van der Waals surface area contributed by atoms with E-state index in [2.05, 4.69) is 14.5 Å². The van der Waals surface area contributed by atoms with E-state index in [1.165, 1.54) is 6.92 Å². The summed E-state index contributed by atoms with van der Waals surface area (Å²) in [5, 5.41) is 0. The van der Waals surface area contributed by atoms with Crippen LogP contribution in [0.25, 0.3) is 0 Å². The lowest BCUT2D eigenvalue weighted by atomic mass is 10.2. The van der Waals surface area contributed by atoms with E-state index in [9.17, 15) is 22.4 Å². The number of carbonyl (C=O) groups excluding carboxylic acids is 1. The molecule has 0 amide bonds. The zero-order valence-electron chi connectivity index (χ0n) is 8.55. The minimum absolute atomic E-state index is 0.0686. The Balaban J connectivity index is 3.13. The summed E-state index contributed by atoms with van der Waals surface area (Å²) in [7, 11) is 0. The number of aromatic nitrogens is 1. The molecule has 0 aliphatic rings. The molecule has 0 aliphatic heterocycles. The predicted octanol–water partition coefficient (Wildman–Crippen LogP) is 2.30. The molecule has 0 bridgehead atoms. The van der Waals surface area contributed by atoms with Crippen LogP contribution in [-0.2, 0) is 4.74 Å². The maximum atomic E-state index is 13.1. The summed E-state index contributed by atoms with van der Waals surface area (Å²) in [5.41, 5.74) is -0.718. The molecule has 0 unspecified atom stereocenters. The summed E-state index contributed by atoms with van der Waals surface area (Å²) in [6, 6.07) is 0. The molecule has 0 fully saturated rings.